The molecule has 0 amide bonds. The number of rotatable bonds is 3. The van der Waals surface area contributed by atoms with Gasteiger partial charge in [0, 0.05) is 0 Å². The van der Waals surface area contributed by atoms with Crippen LogP contribution in [-0.2, 0) is 0 Å². The van der Waals surface area contributed by atoms with Crippen molar-refractivity contribution in [3.8, 4) is 0 Å². The van der Waals surface area contributed by atoms with Crippen molar-refractivity contribution in [1.82, 2.24) is 0 Å². The highest BCUT2D eigenvalue weighted by atomic mass is 15.2. The van der Waals surface area contributed by atoms with Gasteiger partial charge in [0.05, 0.1) is 19.1 Å². The lowest BCUT2D eigenvalue weighted by Crippen LogP contribution is -3.16. The standard InChI is InChI=1S/C10H21N.CN/c1-3-7-10-8-5-6-9-11(10)4-2;1-2/h10H,3-9H2,1-2H3;/q;-1/p+1. The Labute approximate surface area is 82.5 Å². The van der Waals surface area contributed by atoms with Gasteiger partial charge in [-0.05, 0) is 32.6 Å². The van der Waals surface area contributed by atoms with Crippen LogP contribution in [0.25, 0.3) is 0 Å². The van der Waals surface area contributed by atoms with E-state index in [1.54, 1.807) is 0 Å². The zero-order valence-electron chi connectivity index (χ0n) is 8.97. The summed E-state index contributed by atoms with van der Waals surface area (Å²) in [4.78, 5) is 1.86. The molecule has 0 aromatic heterocycles. The molecule has 0 aliphatic carbocycles. The van der Waals surface area contributed by atoms with Gasteiger partial charge in [-0.15, -0.1) is 0 Å². The summed E-state index contributed by atoms with van der Waals surface area (Å²) in [7, 11) is 0. The second-order valence-corrected chi connectivity index (χ2v) is 3.74. The fourth-order valence-corrected chi connectivity index (χ4v) is 2.31. The Morgan fingerprint density at radius 1 is 1.31 bits per heavy atom. The van der Waals surface area contributed by atoms with Crippen LogP contribution in [0, 0.1) is 11.8 Å². The number of hydrogen-bond acceptors (Lipinski definition) is 1. The van der Waals surface area contributed by atoms with Crippen molar-refractivity contribution in [3.63, 3.8) is 0 Å². The number of quaternary nitrogens is 1. The van der Waals surface area contributed by atoms with E-state index >= 15 is 0 Å². The summed E-state index contributed by atoms with van der Waals surface area (Å²) in [6.07, 6.45) is 7.24. The Morgan fingerprint density at radius 2 is 2.00 bits per heavy atom. The molecule has 1 rings (SSSR count). The van der Waals surface area contributed by atoms with Gasteiger partial charge < -0.3 is 16.7 Å². The van der Waals surface area contributed by atoms with Gasteiger partial charge in [-0.25, -0.2) is 0 Å². The van der Waals surface area contributed by atoms with Crippen molar-refractivity contribution >= 4 is 0 Å². The summed E-state index contributed by atoms with van der Waals surface area (Å²) >= 11 is 0. The van der Waals surface area contributed by atoms with E-state index in [2.05, 4.69) is 13.8 Å². The predicted octanol–water partition coefficient (Wildman–Crippen LogP) is 1.34. The first-order valence-electron chi connectivity index (χ1n) is 5.45. The number of nitrogens with zero attached hydrogens (tertiary/aromatic N) is 1. The lowest BCUT2D eigenvalue weighted by Gasteiger charge is -2.31. The van der Waals surface area contributed by atoms with Crippen LogP contribution in [0.1, 0.15) is 46.0 Å². The van der Waals surface area contributed by atoms with Gasteiger partial charge in [-0.2, -0.15) is 0 Å². The van der Waals surface area contributed by atoms with Gasteiger partial charge in [0.2, 0.25) is 0 Å². The molecule has 2 heteroatoms. The SMILES string of the molecule is CCCC1CCCC[NH+]1CC.[C-]#N. The zero-order valence-corrected chi connectivity index (χ0v) is 8.97. The smallest absolute Gasteiger partial charge is 0.0874 e. The molecule has 0 bridgehead atoms. The molecule has 0 spiro atoms. The van der Waals surface area contributed by atoms with Crippen LogP contribution in [0.5, 0.6) is 0 Å². The van der Waals surface area contributed by atoms with E-state index in [1.165, 1.54) is 45.2 Å². The van der Waals surface area contributed by atoms with E-state index in [4.69, 9.17) is 11.8 Å². The maximum absolute atomic E-state index is 6.25. The maximum Gasteiger partial charge on any atom is 0.0874 e. The first-order valence-corrected chi connectivity index (χ1v) is 5.45. The van der Waals surface area contributed by atoms with Crippen molar-refractivity contribution in [3.05, 3.63) is 6.57 Å². The van der Waals surface area contributed by atoms with Gasteiger partial charge in [-0.1, -0.05) is 13.3 Å². The fraction of sp³-hybridized carbons (Fsp3) is 0.909. The monoisotopic (exact) mass is 182 g/mol. The van der Waals surface area contributed by atoms with Crippen LogP contribution in [0.15, 0.2) is 0 Å². The van der Waals surface area contributed by atoms with Gasteiger partial charge in [-0.3, -0.25) is 0 Å². The van der Waals surface area contributed by atoms with E-state index in [-0.39, 0.29) is 0 Å². The summed E-state index contributed by atoms with van der Waals surface area (Å²) in [5.41, 5.74) is 0. The number of hydrogen-bond donors (Lipinski definition) is 1. The average molecular weight is 182 g/mol. The third-order valence-corrected chi connectivity index (χ3v) is 2.97. The zero-order chi connectivity index (χ0) is 10.1. The molecule has 13 heavy (non-hydrogen) atoms. The van der Waals surface area contributed by atoms with Crippen molar-refractivity contribution < 1.29 is 4.90 Å². The van der Waals surface area contributed by atoms with Crippen LogP contribution in [0.2, 0.25) is 0 Å². The molecule has 1 heterocycles. The van der Waals surface area contributed by atoms with Crippen LogP contribution >= 0.6 is 0 Å². The molecule has 1 N–H and O–H groups in total. The summed E-state index contributed by atoms with van der Waals surface area (Å²) in [5, 5.41) is 6.25. The molecule has 76 valence electrons. The quantitative estimate of drug-likeness (QED) is 0.655. The molecule has 1 fully saturated rings. The van der Waals surface area contributed by atoms with Crippen molar-refractivity contribution in [2.75, 3.05) is 13.1 Å². The molecule has 0 aromatic carbocycles. The largest absolute Gasteiger partial charge is 0.512 e. The van der Waals surface area contributed by atoms with Gasteiger partial charge in [0.1, 0.15) is 0 Å². The third-order valence-electron chi connectivity index (χ3n) is 2.97. The molecule has 1 aliphatic heterocycles. The van der Waals surface area contributed by atoms with E-state index in [1.807, 2.05) is 4.90 Å². The van der Waals surface area contributed by atoms with E-state index < -0.39 is 0 Å². The van der Waals surface area contributed by atoms with E-state index in [9.17, 15) is 0 Å². The van der Waals surface area contributed by atoms with E-state index in [0.29, 0.717) is 0 Å². The number of nitrogens with one attached hydrogen (secondary N) is 1. The van der Waals surface area contributed by atoms with Crippen molar-refractivity contribution in [2.24, 2.45) is 0 Å². The lowest BCUT2D eigenvalue weighted by atomic mass is 9.98. The molecule has 0 radical (unpaired) electrons. The molecular formula is C11H22N2. The molecule has 0 aromatic rings. The molecule has 0 saturated carbocycles. The first-order chi connectivity index (χ1) is 6.38. The highest BCUT2D eigenvalue weighted by Crippen LogP contribution is 2.07. The third kappa shape index (κ3) is 4.28. The molecule has 2 unspecified atom stereocenters. The Bertz CT molecular complexity index is 129. The van der Waals surface area contributed by atoms with Gasteiger partial charge >= 0.3 is 0 Å². The second kappa shape index (κ2) is 8.07. The van der Waals surface area contributed by atoms with Crippen LogP contribution in [0.3, 0.4) is 0 Å². The minimum absolute atomic E-state index is 0.999. The van der Waals surface area contributed by atoms with Crippen LogP contribution in [0.4, 0.5) is 0 Å². The summed E-state index contributed by atoms with van der Waals surface area (Å²) in [6.45, 7) is 12.1. The number of piperidine rings is 1. The van der Waals surface area contributed by atoms with E-state index in [0.717, 1.165) is 6.04 Å². The molecule has 2 nitrogen and oxygen atoms in total. The summed E-state index contributed by atoms with van der Waals surface area (Å²) in [5.74, 6) is 0. The van der Waals surface area contributed by atoms with Crippen LogP contribution in [-0.4, -0.2) is 19.1 Å². The van der Waals surface area contributed by atoms with Crippen LogP contribution < -0.4 is 4.90 Å². The molecule has 2 atom stereocenters. The molecule has 1 saturated heterocycles. The van der Waals surface area contributed by atoms with Gasteiger partial charge in [0.15, 0.2) is 0 Å². The highest BCUT2D eigenvalue weighted by molar-refractivity contribution is 4.60. The minimum Gasteiger partial charge on any atom is -0.512 e. The van der Waals surface area contributed by atoms with Gasteiger partial charge in [0.25, 0.3) is 0 Å². The number of likely N-dealkylation sites (tertiary alicyclic amines) is 1. The topological polar surface area (TPSA) is 28.2 Å². The molecular weight excluding hydrogens is 160 g/mol. The Balaban J connectivity index is 0.000000671. The lowest BCUT2D eigenvalue weighted by molar-refractivity contribution is -0.929. The Kier molecular flexibility index (Phi) is 7.73. The molecule has 1 aliphatic rings. The normalized spacial score (nSPS) is 27.4. The maximum atomic E-state index is 6.25. The first kappa shape index (κ1) is 12.4. The summed E-state index contributed by atoms with van der Waals surface area (Å²) < 4.78 is 0. The van der Waals surface area contributed by atoms with Crippen molar-refractivity contribution in [1.29, 1.82) is 5.26 Å². The van der Waals surface area contributed by atoms with Crippen molar-refractivity contribution in [2.45, 2.75) is 52.0 Å². The predicted molar refractivity (Wildman–Crippen MR) is 53.9 cm³/mol. The summed E-state index contributed by atoms with van der Waals surface area (Å²) in [6, 6.07) is 0.999. The minimum atomic E-state index is 0.999. The Morgan fingerprint density at radius 3 is 2.54 bits per heavy atom. The average Bonchev–Trinajstić information content (AvgIpc) is 2.22. The highest BCUT2D eigenvalue weighted by Gasteiger charge is 2.22. The second-order valence-electron chi connectivity index (χ2n) is 3.74. The fourth-order valence-electron chi connectivity index (χ4n) is 2.31. The Hall–Kier alpha value is -0.550.